The maximum absolute atomic E-state index is 12.2. The number of halogens is 2. The van der Waals surface area contributed by atoms with Crippen LogP contribution in [0, 0.1) is 17.4 Å². The van der Waals surface area contributed by atoms with Gasteiger partial charge in [0.1, 0.15) is 0 Å². The number of nitrogens with one attached hydrogen (secondary N) is 2. The van der Waals surface area contributed by atoms with Crippen molar-refractivity contribution in [3.05, 3.63) is 61.1 Å². The second-order valence-corrected chi connectivity index (χ2v) is 7.39. The molecule has 0 spiro atoms. The molecule has 0 saturated heterocycles. The van der Waals surface area contributed by atoms with Crippen LogP contribution >= 0.6 is 50.7 Å². The molecule has 0 aliphatic heterocycles. The predicted molar refractivity (Wildman–Crippen MR) is 106 cm³/mol. The fourth-order valence-corrected chi connectivity index (χ4v) is 3.67. The Morgan fingerprint density at radius 2 is 1.77 bits per heavy atom. The van der Waals surface area contributed by atoms with Crippen molar-refractivity contribution in [2.75, 3.05) is 5.32 Å². The molecule has 0 aromatic heterocycles. The second kappa shape index (κ2) is 7.52. The van der Waals surface area contributed by atoms with Crippen molar-refractivity contribution >= 4 is 67.4 Å². The van der Waals surface area contributed by atoms with E-state index in [1.807, 2.05) is 50.2 Å². The summed E-state index contributed by atoms with van der Waals surface area (Å²) in [5, 5.41) is 6.03. The molecule has 0 atom stereocenters. The Hall–Kier alpha value is -0.990. The van der Waals surface area contributed by atoms with E-state index in [9.17, 15) is 4.79 Å². The highest BCUT2D eigenvalue weighted by Gasteiger charge is 2.10. The van der Waals surface area contributed by atoms with E-state index in [1.54, 1.807) is 0 Å². The highest BCUT2D eigenvalue weighted by molar-refractivity contribution is 14.1. The summed E-state index contributed by atoms with van der Waals surface area (Å²) in [6, 6.07) is 11.5. The van der Waals surface area contributed by atoms with Crippen molar-refractivity contribution in [3.63, 3.8) is 0 Å². The summed E-state index contributed by atoms with van der Waals surface area (Å²) in [6.07, 6.45) is 0. The van der Waals surface area contributed by atoms with Gasteiger partial charge in [-0.25, -0.2) is 0 Å². The van der Waals surface area contributed by atoms with Crippen molar-refractivity contribution < 1.29 is 4.79 Å². The zero-order valence-electron chi connectivity index (χ0n) is 12.0. The molecule has 2 aromatic carbocycles. The van der Waals surface area contributed by atoms with E-state index in [0.717, 1.165) is 24.9 Å². The van der Waals surface area contributed by atoms with Crippen LogP contribution in [0.5, 0.6) is 0 Å². The van der Waals surface area contributed by atoms with E-state index in [4.69, 9.17) is 12.2 Å². The Kier molecular flexibility index (Phi) is 5.94. The van der Waals surface area contributed by atoms with Crippen LogP contribution in [0.1, 0.15) is 21.5 Å². The Balaban J connectivity index is 2.06. The zero-order chi connectivity index (χ0) is 16.3. The van der Waals surface area contributed by atoms with E-state index in [1.165, 1.54) is 0 Å². The van der Waals surface area contributed by atoms with Gasteiger partial charge in [-0.3, -0.25) is 10.1 Å². The average Bonchev–Trinajstić information content (AvgIpc) is 2.40. The number of amides is 1. The van der Waals surface area contributed by atoms with Crippen LogP contribution in [-0.2, 0) is 0 Å². The summed E-state index contributed by atoms with van der Waals surface area (Å²) in [7, 11) is 0. The van der Waals surface area contributed by atoms with Crippen molar-refractivity contribution in [3.8, 4) is 0 Å². The molecule has 0 saturated carbocycles. The molecule has 0 aliphatic rings. The lowest BCUT2D eigenvalue weighted by atomic mass is 10.1. The first kappa shape index (κ1) is 17.4. The van der Waals surface area contributed by atoms with Gasteiger partial charge in [0.15, 0.2) is 5.11 Å². The zero-order valence-corrected chi connectivity index (χ0v) is 16.6. The molecule has 0 bridgehead atoms. The lowest BCUT2D eigenvalue weighted by Crippen LogP contribution is -2.34. The number of hydrogen-bond acceptors (Lipinski definition) is 2. The topological polar surface area (TPSA) is 41.1 Å². The standard InChI is InChI=1S/C16H14BrIN2OS/c1-9-5-10(2)7-11(6-9)15(21)20-16(22)19-14-4-3-12(17)8-13(14)18/h3-8H,1-2H3,(H2,19,20,21,22). The minimum Gasteiger partial charge on any atom is -0.332 e. The van der Waals surface area contributed by atoms with Crippen LogP contribution in [-0.4, -0.2) is 11.0 Å². The number of benzene rings is 2. The minimum absolute atomic E-state index is 0.212. The Bertz CT molecular complexity index is 729. The third-order valence-corrected chi connectivity index (χ3v) is 4.48. The number of hydrogen-bond donors (Lipinski definition) is 2. The first-order chi connectivity index (χ1) is 10.3. The van der Waals surface area contributed by atoms with Crippen LogP contribution in [0.2, 0.25) is 0 Å². The SMILES string of the molecule is Cc1cc(C)cc(C(=O)NC(=S)Nc2ccc(Br)cc2I)c1. The second-order valence-electron chi connectivity index (χ2n) is 4.91. The van der Waals surface area contributed by atoms with Crippen LogP contribution in [0.25, 0.3) is 0 Å². The quantitative estimate of drug-likeness (QED) is 0.471. The largest absolute Gasteiger partial charge is 0.332 e. The number of carbonyl (C=O) groups excluding carboxylic acids is 1. The van der Waals surface area contributed by atoms with Crippen LogP contribution in [0.4, 0.5) is 5.69 Å². The Morgan fingerprint density at radius 1 is 1.14 bits per heavy atom. The molecule has 2 N–H and O–H groups in total. The maximum Gasteiger partial charge on any atom is 0.257 e. The Morgan fingerprint density at radius 3 is 2.36 bits per heavy atom. The molecule has 0 aliphatic carbocycles. The summed E-state index contributed by atoms with van der Waals surface area (Å²) in [5.74, 6) is -0.212. The van der Waals surface area contributed by atoms with Crippen LogP contribution in [0.3, 0.4) is 0 Å². The molecule has 2 rings (SSSR count). The van der Waals surface area contributed by atoms with Crippen molar-refractivity contribution in [2.45, 2.75) is 13.8 Å². The van der Waals surface area contributed by atoms with Gasteiger partial charge in [0.2, 0.25) is 0 Å². The monoisotopic (exact) mass is 488 g/mol. The van der Waals surface area contributed by atoms with E-state index >= 15 is 0 Å². The van der Waals surface area contributed by atoms with Crippen LogP contribution in [0.15, 0.2) is 40.9 Å². The average molecular weight is 489 g/mol. The van der Waals surface area contributed by atoms with Gasteiger partial charge in [0.25, 0.3) is 5.91 Å². The highest BCUT2D eigenvalue weighted by atomic mass is 127. The van der Waals surface area contributed by atoms with E-state index in [2.05, 4.69) is 49.2 Å². The summed E-state index contributed by atoms with van der Waals surface area (Å²) in [5.41, 5.74) is 3.56. The number of carbonyl (C=O) groups is 1. The van der Waals surface area contributed by atoms with E-state index in [0.29, 0.717) is 5.56 Å². The molecule has 6 heteroatoms. The smallest absolute Gasteiger partial charge is 0.257 e. The van der Waals surface area contributed by atoms with Gasteiger partial charge < -0.3 is 5.32 Å². The van der Waals surface area contributed by atoms with E-state index in [-0.39, 0.29) is 11.0 Å². The highest BCUT2D eigenvalue weighted by Crippen LogP contribution is 2.22. The van der Waals surface area contributed by atoms with Crippen LogP contribution < -0.4 is 10.6 Å². The van der Waals surface area contributed by atoms with Crippen molar-refractivity contribution in [1.82, 2.24) is 5.32 Å². The molecular formula is C16H14BrIN2OS. The summed E-state index contributed by atoms with van der Waals surface area (Å²) >= 11 is 10.8. The molecule has 1 amide bonds. The van der Waals surface area contributed by atoms with Gasteiger partial charge in [-0.15, -0.1) is 0 Å². The fourth-order valence-electron chi connectivity index (χ4n) is 2.03. The van der Waals surface area contributed by atoms with E-state index < -0.39 is 0 Å². The fraction of sp³-hybridized carbons (Fsp3) is 0.125. The van der Waals surface area contributed by atoms with Gasteiger partial charge >= 0.3 is 0 Å². The molecule has 2 aromatic rings. The van der Waals surface area contributed by atoms with Gasteiger partial charge in [-0.1, -0.05) is 33.1 Å². The summed E-state index contributed by atoms with van der Waals surface area (Å²) in [6.45, 7) is 3.93. The van der Waals surface area contributed by atoms with Crippen molar-refractivity contribution in [2.24, 2.45) is 0 Å². The van der Waals surface area contributed by atoms with Gasteiger partial charge in [0.05, 0.1) is 5.69 Å². The molecular weight excluding hydrogens is 475 g/mol. The molecule has 0 heterocycles. The van der Waals surface area contributed by atoms with Gasteiger partial charge in [-0.05, 0) is 79.0 Å². The first-order valence-corrected chi connectivity index (χ1v) is 8.79. The normalized spacial score (nSPS) is 10.2. The lowest BCUT2D eigenvalue weighted by Gasteiger charge is -2.12. The third-order valence-electron chi connectivity index (χ3n) is 2.89. The molecule has 0 fully saturated rings. The molecule has 0 radical (unpaired) electrons. The Labute approximate surface area is 157 Å². The number of rotatable bonds is 2. The minimum atomic E-state index is -0.212. The molecule has 114 valence electrons. The molecule has 0 unspecified atom stereocenters. The summed E-state index contributed by atoms with van der Waals surface area (Å²) < 4.78 is 2.00. The number of anilines is 1. The van der Waals surface area contributed by atoms with Gasteiger partial charge in [-0.2, -0.15) is 0 Å². The summed E-state index contributed by atoms with van der Waals surface area (Å²) in [4.78, 5) is 12.2. The predicted octanol–water partition coefficient (Wildman–Crippen LogP) is 4.80. The number of thiocarbonyl (C=S) groups is 1. The van der Waals surface area contributed by atoms with Crippen molar-refractivity contribution in [1.29, 1.82) is 0 Å². The third kappa shape index (κ3) is 4.76. The van der Waals surface area contributed by atoms with Gasteiger partial charge in [0, 0.05) is 13.6 Å². The molecule has 22 heavy (non-hydrogen) atoms. The number of aryl methyl sites for hydroxylation is 2. The maximum atomic E-state index is 12.2. The lowest BCUT2D eigenvalue weighted by molar-refractivity contribution is 0.0977. The molecule has 3 nitrogen and oxygen atoms in total. The first-order valence-electron chi connectivity index (χ1n) is 6.51.